The van der Waals surface area contributed by atoms with Gasteiger partial charge in [-0.1, -0.05) is 31.9 Å². The monoisotopic (exact) mass is 319 g/mol. The summed E-state index contributed by atoms with van der Waals surface area (Å²) in [6, 6.07) is 0. The Balaban J connectivity index is 2.20. The van der Waals surface area contributed by atoms with Crippen LogP contribution in [0, 0.1) is 11.3 Å². The molecule has 0 radical (unpaired) electrons. The standard InChI is InChI=1S/C12H18ClN3O3S/c1-12(2,8-5-4-6-8)11(17)15-20(18,19)10-9(13)16(3)7-14-10/h7-8H,4-6H2,1-3H3,(H,15,17). The number of imidazole rings is 1. The highest BCUT2D eigenvalue weighted by Crippen LogP contribution is 2.42. The SMILES string of the molecule is Cn1cnc(S(=O)(=O)NC(=O)C(C)(C)C2CCC2)c1Cl. The summed E-state index contributed by atoms with van der Waals surface area (Å²) in [5, 5.41) is -0.342. The third-order valence-electron chi connectivity index (χ3n) is 4.03. The van der Waals surface area contributed by atoms with Gasteiger partial charge in [0.15, 0.2) is 0 Å². The first-order chi connectivity index (χ1) is 9.16. The van der Waals surface area contributed by atoms with E-state index in [4.69, 9.17) is 11.6 Å². The summed E-state index contributed by atoms with van der Waals surface area (Å²) in [6.45, 7) is 3.53. The van der Waals surface area contributed by atoms with E-state index in [0.29, 0.717) is 0 Å². The number of hydrogen-bond acceptors (Lipinski definition) is 4. The Morgan fingerprint density at radius 2 is 2.10 bits per heavy atom. The number of carbonyl (C=O) groups is 1. The normalized spacial score (nSPS) is 16.8. The van der Waals surface area contributed by atoms with Crippen molar-refractivity contribution in [2.45, 2.75) is 38.1 Å². The summed E-state index contributed by atoms with van der Waals surface area (Å²) in [5.41, 5.74) is -0.716. The lowest BCUT2D eigenvalue weighted by molar-refractivity contribution is -0.132. The summed E-state index contributed by atoms with van der Waals surface area (Å²) >= 11 is 5.86. The van der Waals surface area contributed by atoms with Gasteiger partial charge in [-0.25, -0.2) is 9.71 Å². The van der Waals surface area contributed by atoms with Crippen molar-refractivity contribution in [3.63, 3.8) is 0 Å². The van der Waals surface area contributed by atoms with Gasteiger partial charge in [-0.05, 0) is 18.8 Å². The van der Waals surface area contributed by atoms with E-state index in [1.54, 1.807) is 20.9 Å². The molecule has 112 valence electrons. The van der Waals surface area contributed by atoms with E-state index in [0.717, 1.165) is 19.3 Å². The molecule has 8 heteroatoms. The first-order valence-electron chi connectivity index (χ1n) is 6.40. The Morgan fingerprint density at radius 3 is 2.50 bits per heavy atom. The van der Waals surface area contributed by atoms with Gasteiger partial charge >= 0.3 is 0 Å². The molecule has 0 spiro atoms. The number of halogens is 1. The topological polar surface area (TPSA) is 81.1 Å². The highest BCUT2D eigenvalue weighted by atomic mass is 35.5. The zero-order valence-corrected chi connectivity index (χ0v) is 13.3. The summed E-state index contributed by atoms with van der Waals surface area (Å²) in [6.07, 6.45) is 4.27. The lowest BCUT2D eigenvalue weighted by Crippen LogP contribution is -2.46. The molecule has 1 aromatic heterocycles. The fourth-order valence-electron chi connectivity index (χ4n) is 2.19. The number of sulfonamides is 1. The molecule has 0 atom stereocenters. The number of hydrogen-bond donors (Lipinski definition) is 1. The van der Waals surface area contributed by atoms with Gasteiger partial charge in [-0.15, -0.1) is 0 Å². The van der Waals surface area contributed by atoms with Gasteiger partial charge in [0.25, 0.3) is 10.0 Å². The third-order valence-corrected chi connectivity index (χ3v) is 5.85. The molecule has 2 rings (SSSR count). The molecule has 1 amide bonds. The van der Waals surface area contributed by atoms with Crippen molar-refractivity contribution in [3.05, 3.63) is 11.5 Å². The summed E-state index contributed by atoms with van der Waals surface area (Å²) in [7, 11) is -2.46. The van der Waals surface area contributed by atoms with E-state index in [2.05, 4.69) is 9.71 Å². The maximum Gasteiger partial charge on any atom is 0.284 e. The van der Waals surface area contributed by atoms with Crippen LogP contribution in [0.25, 0.3) is 0 Å². The summed E-state index contributed by atoms with van der Waals surface area (Å²) in [5.74, 6) is -0.291. The maximum atomic E-state index is 12.2. The molecule has 1 fully saturated rings. The number of nitrogens with one attached hydrogen (secondary N) is 1. The zero-order chi connectivity index (χ0) is 15.1. The molecule has 1 saturated carbocycles. The molecule has 1 heterocycles. The molecule has 0 saturated heterocycles. The Bertz CT molecular complexity index is 632. The average Bonchev–Trinajstić information content (AvgIpc) is 2.56. The second-order valence-electron chi connectivity index (χ2n) is 5.74. The maximum absolute atomic E-state index is 12.2. The summed E-state index contributed by atoms with van der Waals surface area (Å²) < 4.78 is 27.8. The first kappa shape index (κ1) is 15.3. The molecular formula is C12H18ClN3O3S. The van der Waals surface area contributed by atoms with Crippen molar-refractivity contribution in [1.82, 2.24) is 14.3 Å². The van der Waals surface area contributed by atoms with Gasteiger partial charge < -0.3 is 4.57 Å². The van der Waals surface area contributed by atoms with E-state index < -0.39 is 21.3 Å². The second-order valence-corrected chi connectivity index (χ2v) is 7.69. The zero-order valence-electron chi connectivity index (χ0n) is 11.7. The van der Waals surface area contributed by atoms with Gasteiger partial charge in [0.2, 0.25) is 10.9 Å². The molecule has 0 bridgehead atoms. The van der Waals surface area contributed by atoms with E-state index in [9.17, 15) is 13.2 Å². The van der Waals surface area contributed by atoms with Crippen LogP contribution in [0.1, 0.15) is 33.1 Å². The first-order valence-corrected chi connectivity index (χ1v) is 8.26. The van der Waals surface area contributed by atoms with Crippen molar-refractivity contribution in [2.75, 3.05) is 0 Å². The van der Waals surface area contributed by atoms with Crippen LogP contribution in [0.4, 0.5) is 0 Å². The number of nitrogens with zero attached hydrogens (tertiary/aromatic N) is 2. The van der Waals surface area contributed by atoms with Crippen LogP contribution >= 0.6 is 11.6 Å². The molecule has 1 aromatic rings. The number of aryl methyl sites for hydroxylation is 1. The second kappa shape index (κ2) is 5.04. The minimum atomic E-state index is -4.03. The van der Waals surface area contributed by atoms with E-state index >= 15 is 0 Å². The van der Waals surface area contributed by atoms with Crippen LogP contribution < -0.4 is 4.72 Å². The van der Waals surface area contributed by atoms with Crippen LogP contribution in [-0.4, -0.2) is 23.9 Å². The van der Waals surface area contributed by atoms with Gasteiger partial charge in [0, 0.05) is 12.5 Å². The van der Waals surface area contributed by atoms with Crippen LogP contribution in [0.5, 0.6) is 0 Å². The fourth-order valence-corrected chi connectivity index (χ4v) is 3.74. The Morgan fingerprint density at radius 1 is 1.50 bits per heavy atom. The molecular weight excluding hydrogens is 302 g/mol. The molecule has 1 N–H and O–H groups in total. The molecule has 0 aliphatic heterocycles. The predicted molar refractivity (Wildman–Crippen MR) is 74.7 cm³/mol. The van der Waals surface area contributed by atoms with Crippen molar-refractivity contribution < 1.29 is 13.2 Å². The van der Waals surface area contributed by atoms with Crippen LogP contribution in [0.2, 0.25) is 5.15 Å². The summed E-state index contributed by atoms with van der Waals surface area (Å²) in [4.78, 5) is 16.0. The van der Waals surface area contributed by atoms with Gasteiger partial charge in [-0.2, -0.15) is 8.42 Å². The van der Waals surface area contributed by atoms with Crippen molar-refractivity contribution in [2.24, 2.45) is 18.4 Å². The molecule has 20 heavy (non-hydrogen) atoms. The number of carbonyl (C=O) groups excluding carboxylic acids is 1. The van der Waals surface area contributed by atoms with Gasteiger partial charge in [-0.3, -0.25) is 4.79 Å². The Kier molecular flexibility index (Phi) is 3.85. The number of amides is 1. The van der Waals surface area contributed by atoms with Crippen LogP contribution in [-0.2, 0) is 21.9 Å². The smallest absolute Gasteiger partial charge is 0.284 e. The van der Waals surface area contributed by atoms with E-state index in [1.807, 2.05) is 0 Å². The number of rotatable bonds is 4. The van der Waals surface area contributed by atoms with Gasteiger partial charge in [0.1, 0.15) is 5.15 Å². The average molecular weight is 320 g/mol. The molecule has 0 aromatic carbocycles. The lowest BCUT2D eigenvalue weighted by atomic mass is 9.67. The number of aromatic nitrogens is 2. The Labute approximate surface area is 123 Å². The van der Waals surface area contributed by atoms with Crippen LogP contribution in [0.3, 0.4) is 0 Å². The highest BCUT2D eigenvalue weighted by molar-refractivity contribution is 7.90. The predicted octanol–water partition coefficient (Wildman–Crippen LogP) is 1.70. The molecule has 0 unspecified atom stereocenters. The quantitative estimate of drug-likeness (QED) is 0.916. The molecule has 1 aliphatic carbocycles. The van der Waals surface area contributed by atoms with E-state index in [1.165, 1.54) is 10.9 Å². The minimum absolute atomic E-state index is 0.0215. The van der Waals surface area contributed by atoms with E-state index in [-0.39, 0.29) is 16.1 Å². The fraction of sp³-hybridized carbons (Fsp3) is 0.667. The molecule has 6 nitrogen and oxygen atoms in total. The van der Waals surface area contributed by atoms with Crippen molar-refractivity contribution in [1.29, 1.82) is 0 Å². The largest absolute Gasteiger partial charge is 0.324 e. The van der Waals surface area contributed by atoms with Crippen LogP contribution in [0.15, 0.2) is 11.4 Å². The van der Waals surface area contributed by atoms with Crippen molar-refractivity contribution in [3.8, 4) is 0 Å². The third kappa shape index (κ3) is 2.56. The van der Waals surface area contributed by atoms with Gasteiger partial charge in [0.05, 0.1) is 6.33 Å². The molecule has 1 aliphatic rings. The van der Waals surface area contributed by atoms with Crippen molar-refractivity contribution >= 4 is 27.5 Å². The Hall–Kier alpha value is -1.08. The highest BCUT2D eigenvalue weighted by Gasteiger charge is 2.42. The lowest BCUT2D eigenvalue weighted by Gasteiger charge is -2.38. The minimum Gasteiger partial charge on any atom is -0.324 e.